The predicted molar refractivity (Wildman–Crippen MR) is 146 cm³/mol. The fourth-order valence-corrected chi connectivity index (χ4v) is 4.26. The Balaban J connectivity index is 0.000000898. The van der Waals surface area contributed by atoms with Gasteiger partial charge in [-0.15, -0.1) is 0 Å². The number of halogens is 2. The highest BCUT2D eigenvalue weighted by molar-refractivity contribution is 5.95. The van der Waals surface area contributed by atoms with Crippen molar-refractivity contribution in [1.29, 1.82) is 0 Å². The molecular weight excluding hydrogens is 472 g/mol. The lowest BCUT2D eigenvalue weighted by Crippen LogP contribution is -2.24. The van der Waals surface area contributed by atoms with E-state index < -0.39 is 11.7 Å². The van der Waals surface area contributed by atoms with Crippen molar-refractivity contribution in [3.05, 3.63) is 76.6 Å². The Morgan fingerprint density at radius 1 is 1.05 bits per heavy atom. The van der Waals surface area contributed by atoms with E-state index in [1.54, 1.807) is 25.3 Å². The van der Waals surface area contributed by atoms with Gasteiger partial charge >= 0.3 is 0 Å². The minimum atomic E-state index is -0.681. The molecule has 1 aromatic heterocycles. The fraction of sp³-hybridized carbons (Fsp3) is 0.414. The van der Waals surface area contributed by atoms with Crippen molar-refractivity contribution in [3.8, 4) is 11.3 Å². The number of hydrogen-bond acceptors (Lipinski definition) is 5. The van der Waals surface area contributed by atoms with E-state index in [9.17, 15) is 13.6 Å². The number of amides is 1. The number of nitrogens with one attached hydrogen (secondary N) is 2. The molecule has 1 heterocycles. The van der Waals surface area contributed by atoms with Gasteiger partial charge < -0.3 is 16.4 Å². The molecule has 0 bridgehead atoms. The number of nitrogens with two attached hydrogens (primary N) is 1. The van der Waals surface area contributed by atoms with Gasteiger partial charge in [0.2, 0.25) is 0 Å². The van der Waals surface area contributed by atoms with E-state index in [0.29, 0.717) is 22.7 Å². The minimum Gasteiger partial charge on any atom is -0.382 e. The molecule has 1 fully saturated rings. The molecule has 0 unspecified atom stereocenters. The van der Waals surface area contributed by atoms with E-state index >= 15 is 0 Å². The van der Waals surface area contributed by atoms with Crippen molar-refractivity contribution in [2.75, 3.05) is 19.8 Å². The Bertz CT molecular complexity index is 1140. The summed E-state index contributed by atoms with van der Waals surface area (Å²) in [6, 6.07) is 8.80. The quantitative estimate of drug-likeness (QED) is 0.382. The zero-order valence-electron chi connectivity index (χ0n) is 22.5. The lowest BCUT2D eigenvalue weighted by Gasteiger charge is -2.21. The van der Waals surface area contributed by atoms with Crippen LogP contribution in [0.15, 0.2) is 42.6 Å². The number of nitrogens with zero attached hydrogens (tertiary/aromatic N) is 2. The third kappa shape index (κ3) is 8.60. The summed E-state index contributed by atoms with van der Waals surface area (Å²) in [5.74, 6) is -1.07. The van der Waals surface area contributed by atoms with Crippen LogP contribution in [0.5, 0.6) is 0 Å². The Kier molecular flexibility index (Phi) is 12.1. The van der Waals surface area contributed by atoms with Gasteiger partial charge in [0.1, 0.15) is 23.1 Å². The van der Waals surface area contributed by atoms with Crippen molar-refractivity contribution in [2.45, 2.75) is 65.3 Å². The zero-order chi connectivity index (χ0) is 27.4. The van der Waals surface area contributed by atoms with Crippen molar-refractivity contribution in [3.63, 3.8) is 0 Å². The van der Waals surface area contributed by atoms with E-state index in [4.69, 9.17) is 5.73 Å². The van der Waals surface area contributed by atoms with Crippen LogP contribution in [-0.2, 0) is 6.54 Å². The summed E-state index contributed by atoms with van der Waals surface area (Å²) in [6.07, 6.45) is 7.41. The average molecular weight is 512 g/mol. The fourth-order valence-electron chi connectivity index (χ4n) is 4.26. The molecule has 1 amide bonds. The summed E-state index contributed by atoms with van der Waals surface area (Å²) in [5.41, 5.74) is 9.06. The first-order valence-corrected chi connectivity index (χ1v) is 12.9. The van der Waals surface area contributed by atoms with Crippen LogP contribution in [0.3, 0.4) is 0 Å². The summed E-state index contributed by atoms with van der Waals surface area (Å²) in [4.78, 5) is 21.4. The summed E-state index contributed by atoms with van der Waals surface area (Å²) >= 11 is 0. The molecule has 6 nitrogen and oxygen atoms in total. The third-order valence-electron chi connectivity index (χ3n) is 5.89. The number of carbonyl (C=O) groups excluding carboxylic acids is 1. The summed E-state index contributed by atoms with van der Waals surface area (Å²) < 4.78 is 28.3. The van der Waals surface area contributed by atoms with Crippen molar-refractivity contribution in [2.24, 2.45) is 0 Å². The number of benzene rings is 2. The minimum absolute atomic E-state index is 0.0977. The standard InChI is InChI=1S/C25H26F2N4O.C2H7N.C2H6/c1-15-9-16(11-19(26)10-15)13-30-25(32)20-8-7-18(12-21(20)27)23-24(28)29-14-22(31-23)17-5-3-2-4-6-17;1-3-2;1-2/h7-12,14,17H,2-6,13H2,1H3,(H2,28,29)(H,30,32);3H,1-2H3;1-2H3. The van der Waals surface area contributed by atoms with Gasteiger partial charge in [-0.1, -0.05) is 45.2 Å². The third-order valence-corrected chi connectivity index (χ3v) is 5.89. The number of nitrogen functional groups attached to an aromatic ring is 1. The maximum Gasteiger partial charge on any atom is 0.254 e. The van der Waals surface area contributed by atoms with Gasteiger partial charge in [-0.25, -0.2) is 18.7 Å². The van der Waals surface area contributed by atoms with Gasteiger partial charge in [0.05, 0.1) is 17.5 Å². The average Bonchev–Trinajstić information content (AvgIpc) is 2.89. The second-order valence-electron chi connectivity index (χ2n) is 8.88. The van der Waals surface area contributed by atoms with Gasteiger partial charge in [-0.3, -0.25) is 4.79 Å². The summed E-state index contributed by atoms with van der Waals surface area (Å²) in [5, 5.41) is 5.38. The maximum absolute atomic E-state index is 14.8. The molecule has 37 heavy (non-hydrogen) atoms. The van der Waals surface area contributed by atoms with Gasteiger partial charge in [-0.05, 0) is 69.3 Å². The lowest BCUT2D eigenvalue weighted by atomic mass is 9.87. The van der Waals surface area contributed by atoms with Crippen LogP contribution in [0, 0.1) is 18.6 Å². The smallest absolute Gasteiger partial charge is 0.254 e. The SMILES string of the molecule is CC.CNC.Cc1cc(F)cc(CNC(=O)c2ccc(-c3nc(C4CCCCC4)cnc3N)cc2F)c1. The topological polar surface area (TPSA) is 92.9 Å². The number of carbonyl (C=O) groups is 1. The molecule has 0 radical (unpaired) electrons. The first-order valence-electron chi connectivity index (χ1n) is 12.9. The van der Waals surface area contributed by atoms with E-state index in [-0.39, 0.29) is 23.7 Å². The molecule has 200 valence electrons. The molecule has 1 aliphatic carbocycles. The van der Waals surface area contributed by atoms with Crippen LogP contribution >= 0.6 is 0 Å². The van der Waals surface area contributed by atoms with E-state index in [1.807, 2.05) is 27.9 Å². The van der Waals surface area contributed by atoms with Crippen LogP contribution in [0.2, 0.25) is 0 Å². The largest absolute Gasteiger partial charge is 0.382 e. The van der Waals surface area contributed by atoms with E-state index in [0.717, 1.165) is 24.1 Å². The number of anilines is 1. The van der Waals surface area contributed by atoms with Gasteiger partial charge in [-0.2, -0.15) is 0 Å². The van der Waals surface area contributed by atoms with Crippen LogP contribution in [0.4, 0.5) is 14.6 Å². The number of hydrogen-bond donors (Lipinski definition) is 3. The second-order valence-corrected chi connectivity index (χ2v) is 8.88. The van der Waals surface area contributed by atoms with Crippen molar-refractivity contribution >= 4 is 11.7 Å². The lowest BCUT2D eigenvalue weighted by molar-refractivity contribution is 0.0947. The molecule has 1 saturated carbocycles. The first-order chi connectivity index (χ1) is 17.8. The highest BCUT2D eigenvalue weighted by Crippen LogP contribution is 2.33. The van der Waals surface area contributed by atoms with Crippen LogP contribution in [0.1, 0.15) is 79.0 Å². The Morgan fingerprint density at radius 2 is 1.73 bits per heavy atom. The predicted octanol–water partition coefficient (Wildman–Crippen LogP) is 6.15. The normalized spacial score (nSPS) is 13.1. The van der Waals surface area contributed by atoms with Gasteiger partial charge in [0.25, 0.3) is 5.91 Å². The molecule has 0 atom stereocenters. The zero-order valence-corrected chi connectivity index (χ0v) is 22.5. The summed E-state index contributed by atoms with van der Waals surface area (Å²) in [7, 11) is 3.75. The van der Waals surface area contributed by atoms with Crippen LogP contribution in [0.25, 0.3) is 11.3 Å². The number of aromatic nitrogens is 2. The Labute approximate surface area is 219 Å². The molecule has 0 saturated heterocycles. The Morgan fingerprint density at radius 3 is 2.35 bits per heavy atom. The highest BCUT2D eigenvalue weighted by atomic mass is 19.1. The van der Waals surface area contributed by atoms with Crippen molar-refractivity contribution < 1.29 is 13.6 Å². The van der Waals surface area contributed by atoms with E-state index in [1.165, 1.54) is 43.5 Å². The molecule has 0 spiro atoms. The Hall–Kier alpha value is -3.39. The molecule has 3 aromatic rings. The molecule has 8 heteroatoms. The molecule has 4 rings (SSSR count). The second kappa shape index (κ2) is 15.0. The molecule has 1 aliphatic rings. The molecule has 4 N–H and O–H groups in total. The van der Waals surface area contributed by atoms with E-state index in [2.05, 4.69) is 20.6 Å². The van der Waals surface area contributed by atoms with Crippen LogP contribution in [-0.4, -0.2) is 30.0 Å². The molecule has 0 aliphatic heterocycles. The maximum atomic E-state index is 14.8. The molecule has 2 aromatic carbocycles. The van der Waals surface area contributed by atoms with Gasteiger partial charge in [0, 0.05) is 18.0 Å². The molecular formula is C29H39F2N5O. The number of aryl methyl sites for hydroxylation is 1. The number of rotatable bonds is 5. The van der Waals surface area contributed by atoms with Crippen LogP contribution < -0.4 is 16.4 Å². The van der Waals surface area contributed by atoms with Crippen molar-refractivity contribution in [1.82, 2.24) is 20.6 Å². The highest BCUT2D eigenvalue weighted by Gasteiger charge is 2.20. The summed E-state index contributed by atoms with van der Waals surface area (Å²) in [6.45, 7) is 5.87. The van der Waals surface area contributed by atoms with Gasteiger partial charge in [0.15, 0.2) is 0 Å². The first kappa shape index (κ1) is 29.8. The monoisotopic (exact) mass is 511 g/mol.